The van der Waals surface area contributed by atoms with Crippen LogP contribution in [0.1, 0.15) is 69.6 Å². The average molecular weight is 591 g/mol. The highest BCUT2D eigenvalue weighted by atomic mass is 14.8. The van der Waals surface area contributed by atoms with Crippen molar-refractivity contribution in [3.8, 4) is 33.4 Å². The van der Waals surface area contributed by atoms with Crippen LogP contribution < -0.4 is 0 Å². The summed E-state index contributed by atoms with van der Waals surface area (Å²) in [4.78, 5) is 10.2. The van der Waals surface area contributed by atoms with Gasteiger partial charge in [-0.25, -0.2) is 0 Å². The molecule has 0 aliphatic heterocycles. The number of nitrogens with zero attached hydrogens (tertiary/aromatic N) is 2. The van der Waals surface area contributed by atoms with Crippen molar-refractivity contribution < 1.29 is 0 Å². The van der Waals surface area contributed by atoms with E-state index in [9.17, 15) is 0 Å². The van der Waals surface area contributed by atoms with Crippen molar-refractivity contribution >= 4 is 23.3 Å². The van der Waals surface area contributed by atoms with E-state index >= 15 is 0 Å². The standard InChI is InChI=1S/C43H46N2/c1-5-8-9-13-26-37-29-39(28-33(6-2)43(37)36-24-18-12-19-25-36)44-31-38(7-3)45-40-27-32(4)42(35-22-16-11-17-23-35)41(30-40)34-20-14-10-15-21-34/h10-12,14-25,27-31H,5-9,13,26H2,1-4H3. The second-order valence-corrected chi connectivity index (χ2v) is 11.8. The highest BCUT2D eigenvalue weighted by Crippen LogP contribution is 2.38. The Balaban J connectivity index is 1.52. The van der Waals surface area contributed by atoms with Crippen LogP contribution in [-0.2, 0) is 12.8 Å². The van der Waals surface area contributed by atoms with Gasteiger partial charge in [0.1, 0.15) is 0 Å². The molecular formula is C43H46N2. The first-order valence-corrected chi connectivity index (χ1v) is 16.7. The summed E-state index contributed by atoms with van der Waals surface area (Å²) in [7, 11) is 0. The van der Waals surface area contributed by atoms with Gasteiger partial charge in [-0.05, 0) is 107 Å². The SMILES string of the molecule is CCCCCCc1cc(N=CC(CC)=Nc2cc(C)c(-c3ccccc3)c(-c3ccccc3)c2)cc(CC)c1-c1ccccc1. The van der Waals surface area contributed by atoms with E-state index < -0.39 is 0 Å². The van der Waals surface area contributed by atoms with Crippen molar-refractivity contribution in [1.29, 1.82) is 0 Å². The van der Waals surface area contributed by atoms with Crippen LogP contribution in [0.2, 0.25) is 0 Å². The van der Waals surface area contributed by atoms with Crippen molar-refractivity contribution in [3.05, 3.63) is 132 Å². The Morgan fingerprint density at radius 3 is 1.80 bits per heavy atom. The van der Waals surface area contributed by atoms with E-state index in [0.29, 0.717) is 0 Å². The zero-order chi connectivity index (χ0) is 31.4. The van der Waals surface area contributed by atoms with Gasteiger partial charge in [-0.3, -0.25) is 9.98 Å². The molecule has 0 saturated carbocycles. The Bertz CT molecular complexity index is 1730. The van der Waals surface area contributed by atoms with Crippen LogP contribution in [-0.4, -0.2) is 11.9 Å². The predicted molar refractivity (Wildman–Crippen MR) is 197 cm³/mol. The molecule has 0 bridgehead atoms. The molecule has 0 aromatic heterocycles. The van der Waals surface area contributed by atoms with Gasteiger partial charge in [-0.1, -0.05) is 131 Å². The van der Waals surface area contributed by atoms with Gasteiger partial charge < -0.3 is 0 Å². The van der Waals surface area contributed by atoms with Crippen LogP contribution >= 0.6 is 0 Å². The smallest absolute Gasteiger partial charge is 0.0642 e. The number of hydrogen-bond donors (Lipinski definition) is 0. The van der Waals surface area contributed by atoms with Gasteiger partial charge in [-0.2, -0.15) is 0 Å². The van der Waals surface area contributed by atoms with Gasteiger partial charge in [0.15, 0.2) is 0 Å². The Morgan fingerprint density at radius 1 is 0.600 bits per heavy atom. The molecule has 0 aliphatic carbocycles. The third-order valence-corrected chi connectivity index (χ3v) is 8.49. The zero-order valence-electron chi connectivity index (χ0n) is 27.4. The van der Waals surface area contributed by atoms with E-state index in [1.165, 1.54) is 75.8 Å². The van der Waals surface area contributed by atoms with Gasteiger partial charge in [0.05, 0.1) is 17.1 Å². The van der Waals surface area contributed by atoms with E-state index in [0.717, 1.165) is 36.3 Å². The molecule has 228 valence electrons. The van der Waals surface area contributed by atoms with E-state index in [-0.39, 0.29) is 0 Å². The molecule has 2 nitrogen and oxygen atoms in total. The Hall–Kier alpha value is -4.56. The van der Waals surface area contributed by atoms with Crippen LogP contribution in [0.25, 0.3) is 33.4 Å². The summed E-state index contributed by atoms with van der Waals surface area (Å²) in [6, 6.07) is 41.2. The van der Waals surface area contributed by atoms with E-state index in [1.54, 1.807) is 0 Å². The molecule has 5 rings (SSSR count). The first kappa shape index (κ1) is 31.9. The maximum Gasteiger partial charge on any atom is 0.0642 e. The first-order valence-electron chi connectivity index (χ1n) is 16.7. The van der Waals surface area contributed by atoms with Gasteiger partial charge >= 0.3 is 0 Å². The van der Waals surface area contributed by atoms with Crippen molar-refractivity contribution in [3.63, 3.8) is 0 Å². The minimum atomic E-state index is 0.802. The summed E-state index contributed by atoms with van der Waals surface area (Å²) in [6.45, 7) is 8.87. The molecule has 0 N–H and O–H groups in total. The molecule has 0 unspecified atom stereocenters. The summed E-state index contributed by atoms with van der Waals surface area (Å²) in [5.74, 6) is 0. The lowest BCUT2D eigenvalue weighted by Gasteiger charge is -2.16. The Kier molecular flexibility index (Phi) is 11.3. The number of aryl methyl sites for hydroxylation is 3. The summed E-state index contributed by atoms with van der Waals surface area (Å²) in [6.07, 6.45) is 9.82. The fourth-order valence-electron chi connectivity index (χ4n) is 6.20. The minimum absolute atomic E-state index is 0.802. The highest BCUT2D eigenvalue weighted by Gasteiger charge is 2.14. The van der Waals surface area contributed by atoms with Gasteiger partial charge in [0.25, 0.3) is 0 Å². The molecule has 5 aromatic rings. The molecule has 0 spiro atoms. The van der Waals surface area contributed by atoms with Crippen molar-refractivity contribution in [2.24, 2.45) is 9.98 Å². The molecule has 0 radical (unpaired) electrons. The molecule has 0 fully saturated rings. The Morgan fingerprint density at radius 2 is 1.20 bits per heavy atom. The highest BCUT2D eigenvalue weighted by molar-refractivity contribution is 6.31. The van der Waals surface area contributed by atoms with Crippen LogP contribution in [0.3, 0.4) is 0 Å². The van der Waals surface area contributed by atoms with Gasteiger partial charge in [0.2, 0.25) is 0 Å². The summed E-state index contributed by atoms with van der Waals surface area (Å²) in [5, 5.41) is 0. The minimum Gasteiger partial charge on any atom is -0.255 e. The predicted octanol–water partition coefficient (Wildman–Crippen LogP) is 12.6. The second-order valence-electron chi connectivity index (χ2n) is 11.8. The summed E-state index contributed by atoms with van der Waals surface area (Å²) >= 11 is 0. The molecule has 45 heavy (non-hydrogen) atoms. The maximum absolute atomic E-state index is 5.14. The lowest BCUT2D eigenvalue weighted by Crippen LogP contribution is -1.99. The Labute approximate surface area is 270 Å². The monoisotopic (exact) mass is 590 g/mol. The fourth-order valence-corrected chi connectivity index (χ4v) is 6.20. The number of benzene rings is 5. The number of rotatable bonds is 13. The summed E-state index contributed by atoms with van der Waals surface area (Å²) in [5.41, 5.74) is 14.5. The van der Waals surface area contributed by atoms with Crippen molar-refractivity contribution in [2.45, 2.75) is 72.6 Å². The lowest BCUT2D eigenvalue weighted by atomic mass is 9.90. The lowest BCUT2D eigenvalue weighted by molar-refractivity contribution is 0.667. The van der Waals surface area contributed by atoms with Gasteiger partial charge in [-0.15, -0.1) is 0 Å². The maximum atomic E-state index is 5.14. The molecule has 0 saturated heterocycles. The van der Waals surface area contributed by atoms with Crippen molar-refractivity contribution in [1.82, 2.24) is 0 Å². The number of unbranched alkanes of at least 4 members (excludes halogenated alkanes) is 3. The van der Waals surface area contributed by atoms with Crippen LogP contribution in [0.4, 0.5) is 11.4 Å². The number of aliphatic imine (C=N–C) groups is 2. The topological polar surface area (TPSA) is 24.7 Å². The molecule has 0 amide bonds. The van der Waals surface area contributed by atoms with Crippen LogP contribution in [0.15, 0.2) is 125 Å². The third kappa shape index (κ3) is 8.13. The molecule has 0 heterocycles. The zero-order valence-corrected chi connectivity index (χ0v) is 27.4. The summed E-state index contributed by atoms with van der Waals surface area (Å²) < 4.78 is 0. The van der Waals surface area contributed by atoms with Gasteiger partial charge in [0, 0.05) is 6.21 Å². The first-order chi connectivity index (χ1) is 22.1. The molecule has 2 heteroatoms. The second kappa shape index (κ2) is 16.0. The normalized spacial score (nSPS) is 11.8. The van der Waals surface area contributed by atoms with Crippen LogP contribution in [0, 0.1) is 6.92 Å². The van der Waals surface area contributed by atoms with E-state index in [1.807, 2.05) is 6.21 Å². The third-order valence-electron chi connectivity index (χ3n) is 8.49. The fraction of sp³-hybridized carbons (Fsp3) is 0.256. The average Bonchev–Trinajstić information content (AvgIpc) is 3.09. The van der Waals surface area contributed by atoms with E-state index in [2.05, 4.69) is 143 Å². The number of hydrogen-bond acceptors (Lipinski definition) is 2. The molecular weight excluding hydrogens is 544 g/mol. The van der Waals surface area contributed by atoms with Crippen LogP contribution in [0.5, 0.6) is 0 Å². The molecule has 0 aliphatic rings. The van der Waals surface area contributed by atoms with E-state index in [4.69, 9.17) is 9.98 Å². The largest absolute Gasteiger partial charge is 0.255 e. The quantitative estimate of drug-likeness (QED) is 0.0962. The molecule has 5 aromatic carbocycles. The molecule has 0 atom stereocenters. The van der Waals surface area contributed by atoms with Crippen molar-refractivity contribution in [2.75, 3.05) is 0 Å².